The minimum Gasteiger partial charge on any atom is -0.460 e. The lowest BCUT2D eigenvalue weighted by Crippen LogP contribution is -1.93. The number of para-hydroxylation sites is 1. The van der Waals surface area contributed by atoms with Gasteiger partial charge in [-0.2, -0.15) is 5.10 Å². The van der Waals surface area contributed by atoms with Crippen molar-refractivity contribution in [2.24, 2.45) is 5.10 Å². The Kier molecular flexibility index (Phi) is 2.98. The smallest absolute Gasteiger partial charge is 0.147 e. The van der Waals surface area contributed by atoms with Gasteiger partial charge in [0, 0.05) is 5.39 Å². The second-order valence-corrected chi connectivity index (χ2v) is 4.21. The van der Waals surface area contributed by atoms with Crippen molar-refractivity contribution in [2.75, 3.05) is 5.43 Å². The third kappa shape index (κ3) is 2.63. The lowest BCUT2D eigenvalue weighted by molar-refractivity contribution is 0.528. The van der Waals surface area contributed by atoms with Crippen LogP contribution in [0.1, 0.15) is 11.5 Å². The number of benzene rings is 1. The number of hydrogen-bond acceptors (Lipinski definition) is 4. The lowest BCUT2D eigenvalue weighted by atomic mass is 10.2. The molecule has 2 aromatic heterocycles. The number of anilines is 1. The number of furan rings is 1. The van der Waals surface area contributed by atoms with Crippen LogP contribution in [0.5, 0.6) is 0 Å². The van der Waals surface area contributed by atoms with Gasteiger partial charge in [-0.15, -0.1) is 0 Å². The quantitative estimate of drug-likeness (QED) is 0.571. The number of rotatable bonds is 3. The molecule has 2 heterocycles. The van der Waals surface area contributed by atoms with E-state index in [4.69, 9.17) is 4.42 Å². The van der Waals surface area contributed by atoms with Crippen molar-refractivity contribution in [2.45, 2.75) is 6.92 Å². The molecular weight excluding hydrogens is 238 g/mol. The van der Waals surface area contributed by atoms with Crippen LogP contribution in [0.4, 0.5) is 5.82 Å². The van der Waals surface area contributed by atoms with Crippen molar-refractivity contribution in [3.8, 4) is 0 Å². The minimum absolute atomic E-state index is 0.707. The molecule has 0 saturated heterocycles. The molecule has 0 radical (unpaired) electrons. The van der Waals surface area contributed by atoms with Crippen molar-refractivity contribution < 1.29 is 4.42 Å². The SMILES string of the molecule is Cc1ccc(/C=N\Nc2ccc3ccccc3n2)o1. The fourth-order valence-electron chi connectivity index (χ4n) is 1.81. The number of fused-ring (bicyclic) bond motifs is 1. The van der Waals surface area contributed by atoms with Crippen molar-refractivity contribution in [1.29, 1.82) is 0 Å². The van der Waals surface area contributed by atoms with Gasteiger partial charge in [0.1, 0.15) is 17.3 Å². The van der Waals surface area contributed by atoms with Gasteiger partial charge in [0.2, 0.25) is 0 Å². The maximum absolute atomic E-state index is 5.38. The summed E-state index contributed by atoms with van der Waals surface area (Å²) in [5, 5.41) is 5.21. The van der Waals surface area contributed by atoms with E-state index in [1.54, 1.807) is 6.21 Å². The molecule has 0 amide bonds. The van der Waals surface area contributed by atoms with Gasteiger partial charge in [0.25, 0.3) is 0 Å². The Bertz CT molecular complexity index is 731. The van der Waals surface area contributed by atoms with Gasteiger partial charge in [-0.3, -0.25) is 5.43 Å². The van der Waals surface area contributed by atoms with Crippen molar-refractivity contribution in [3.05, 3.63) is 60.1 Å². The number of aryl methyl sites for hydroxylation is 1. The van der Waals surface area contributed by atoms with Crippen LogP contribution < -0.4 is 5.43 Å². The molecule has 3 aromatic rings. The normalized spacial score (nSPS) is 11.2. The fraction of sp³-hybridized carbons (Fsp3) is 0.0667. The molecule has 0 spiro atoms. The van der Waals surface area contributed by atoms with E-state index in [1.165, 1.54) is 0 Å². The van der Waals surface area contributed by atoms with Crippen LogP contribution in [0, 0.1) is 6.92 Å². The summed E-state index contributed by atoms with van der Waals surface area (Å²) in [5.74, 6) is 2.29. The second-order valence-electron chi connectivity index (χ2n) is 4.21. The average molecular weight is 251 g/mol. The van der Waals surface area contributed by atoms with Crippen molar-refractivity contribution in [3.63, 3.8) is 0 Å². The van der Waals surface area contributed by atoms with Crippen LogP contribution in [0.3, 0.4) is 0 Å². The molecule has 1 N–H and O–H groups in total. The molecule has 0 saturated carbocycles. The Balaban J connectivity index is 1.76. The van der Waals surface area contributed by atoms with Gasteiger partial charge in [0.15, 0.2) is 0 Å². The van der Waals surface area contributed by atoms with Gasteiger partial charge in [-0.1, -0.05) is 18.2 Å². The van der Waals surface area contributed by atoms with Gasteiger partial charge in [-0.25, -0.2) is 4.98 Å². The number of nitrogens with zero attached hydrogens (tertiary/aromatic N) is 2. The summed E-state index contributed by atoms with van der Waals surface area (Å²) >= 11 is 0. The first-order valence-electron chi connectivity index (χ1n) is 6.02. The largest absolute Gasteiger partial charge is 0.460 e. The van der Waals surface area contributed by atoms with E-state index >= 15 is 0 Å². The first kappa shape index (κ1) is 11.5. The Morgan fingerprint density at radius 1 is 1.11 bits per heavy atom. The maximum Gasteiger partial charge on any atom is 0.147 e. The zero-order chi connectivity index (χ0) is 13.1. The molecule has 4 nitrogen and oxygen atoms in total. The molecule has 0 bridgehead atoms. The third-order valence-corrected chi connectivity index (χ3v) is 2.73. The summed E-state index contributed by atoms with van der Waals surface area (Å²) in [6, 6.07) is 15.6. The highest BCUT2D eigenvalue weighted by atomic mass is 16.3. The number of nitrogens with one attached hydrogen (secondary N) is 1. The van der Waals surface area contributed by atoms with E-state index < -0.39 is 0 Å². The third-order valence-electron chi connectivity index (χ3n) is 2.73. The van der Waals surface area contributed by atoms with Crippen molar-refractivity contribution >= 4 is 22.9 Å². The van der Waals surface area contributed by atoms with Gasteiger partial charge < -0.3 is 4.42 Å². The first-order valence-corrected chi connectivity index (χ1v) is 6.02. The van der Waals surface area contributed by atoms with Crippen LogP contribution in [0.25, 0.3) is 10.9 Å². The summed E-state index contributed by atoms with van der Waals surface area (Å²) < 4.78 is 5.38. The average Bonchev–Trinajstić information content (AvgIpc) is 2.84. The highest BCUT2D eigenvalue weighted by molar-refractivity contribution is 5.80. The molecule has 1 aromatic carbocycles. The van der Waals surface area contributed by atoms with Crippen molar-refractivity contribution in [1.82, 2.24) is 4.98 Å². The highest BCUT2D eigenvalue weighted by Crippen LogP contribution is 2.14. The van der Waals surface area contributed by atoms with Gasteiger partial charge >= 0.3 is 0 Å². The molecule has 3 rings (SSSR count). The van der Waals surface area contributed by atoms with Gasteiger partial charge in [0.05, 0.1) is 11.7 Å². The second kappa shape index (κ2) is 4.94. The topological polar surface area (TPSA) is 50.4 Å². The molecule has 94 valence electrons. The zero-order valence-corrected chi connectivity index (χ0v) is 10.5. The van der Waals surface area contributed by atoms with Crippen LogP contribution in [-0.4, -0.2) is 11.2 Å². The summed E-state index contributed by atoms with van der Waals surface area (Å²) in [4.78, 5) is 4.46. The molecule has 4 heteroatoms. The molecule has 19 heavy (non-hydrogen) atoms. The summed E-state index contributed by atoms with van der Waals surface area (Å²) in [5.41, 5.74) is 3.83. The molecule has 0 aliphatic carbocycles. The Morgan fingerprint density at radius 3 is 2.84 bits per heavy atom. The predicted octanol–water partition coefficient (Wildman–Crippen LogP) is 3.58. The van der Waals surface area contributed by atoms with Crippen LogP contribution in [0.15, 0.2) is 58.0 Å². The number of hydrogen-bond donors (Lipinski definition) is 1. The zero-order valence-electron chi connectivity index (χ0n) is 10.5. The fourth-order valence-corrected chi connectivity index (χ4v) is 1.81. The number of hydrazone groups is 1. The Hall–Kier alpha value is -2.62. The Labute approximate surface area is 110 Å². The molecule has 0 atom stereocenters. The highest BCUT2D eigenvalue weighted by Gasteiger charge is 1.96. The summed E-state index contributed by atoms with van der Waals surface area (Å²) in [6.45, 7) is 1.90. The molecule has 0 aliphatic heterocycles. The summed E-state index contributed by atoms with van der Waals surface area (Å²) in [7, 11) is 0. The lowest BCUT2D eigenvalue weighted by Gasteiger charge is -2.01. The number of aromatic nitrogens is 1. The molecule has 0 aliphatic rings. The monoisotopic (exact) mass is 251 g/mol. The van der Waals surface area contributed by atoms with E-state index in [2.05, 4.69) is 15.5 Å². The van der Waals surface area contributed by atoms with Crippen LogP contribution in [-0.2, 0) is 0 Å². The first-order chi connectivity index (χ1) is 9.31. The predicted molar refractivity (Wildman–Crippen MR) is 76.4 cm³/mol. The molecule has 0 unspecified atom stereocenters. The van der Waals surface area contributed by atoms with Crippen LogP contribution in [0.2, 0.25) is 0 Å². The number of pyridine rings is 1. The maximum atomic E-state index is 5.38. The molecular formula is C15H13N3O. The van der Waals surface area contributed by atoms with E-state index in [-0.39, 0.29) is 0 Å². The summed E-state index contributed by atoms with van der Waals surface area (Å²) in [6.07, 6.45) is 1.63. The molecule has 0 fully saturated rings. The van der Waals surface area contributed by atoms with E-state index in [0.29, 0.717) is 11.6 Å². The Morgan fingerprint density at radius 2 is 2.00 bits per heavy atom. The minimum atomic E-state index is 0.707. The van der Waals surface area contributed by atoms with E-state index in [0.717, 1.165) is 16.7 Å². The van der Waals surface area contributed by atoms with Crippen LogP contribution >= 0.6 is 0 Å². The standard InChI is InChI=1S/C15H13N3O/c1-11-6-8-13(19-11)10-16-18-15-9-7-12-4-2-3-5-14(12)17-15/h2-10H,1H3,(H,17,18)/b16-10-. The van der Waals surface area contributed by atoms with Gasteiger partial charge in [-0.05, 0) is 37.3 Å². The van der Waals surface area contributed by atoms with E-state index in [1.807, 2.05) is 55.5 Å². The van der Waals surface area contributed by atoms with E-state index in [9.17, 15) is 0 Å².